The van der Waals surface area contributed by atoms with Gasteiger partial charge in [-0.25, -0.2) is 4.98 Å². The van der Waals surface area contributed by atoms with Crippen LogP contribution in [0.3, 0.4) is 0 Å². The maximum absolute atomic E-state index is 11.9. The molecule has 3 rings (SSSR count). The average Bonchev–Trinajstić information content (AvgIpc) is 3.18. The number of ether oxygens (including phenoxy) is 2. The van der Waals surface area contributed by atoms with Crippen LogP contribution in [0, 0.1) is 6.92 Å². The van der Waals surface area contributed by atoms with Crippen LogP contribution >= 0.6 is 11.3 Å². The molecule has 0 atom stereocenters. The van der Waals surface area contributed by atoms with E-state index in [9.17, 15) is 9.59 Å². The number of aryl methyl sites for hydroxylation is 1. The molecule has 2 heterocycles. The minimum Gasteiger partial charge on any atom is -0.494 e. The van der Waals surface area contributed by atoms with Gasteiger partial charge in [0.2, 0.25) is 0 Å². The zero-order chi connectivity index (χ0) is 21.1. The predicted molar refractivity (Wildman–Crippen MR) is 114 cm³/mol. The summed E-state index contributed by atoms with van der Waals surface area (Å²) in [6, 6.07) is 4.09. The van der Waals surface area contributed by atoms with Crippen molar-refractivity contribution in [3.63, 3.8) is 0 Å². The topological polar surface area (TPSA) is 69.9 Å². The van der Waals surface area contributed by atoms with Crippen LogP contribution in [0.2, 0.25) is 0 Å². The lowest BCUT2D eigenvalue weighted by atomic mass is 9.94. The molecule has 1 aromatic carbocycles. The largest absolute Gasteiger partial charge is 0.494 e. The smallest absolute Gasteiger partial charge is 0.311 e. The highest BCUT2D eigenvalue weighted by molar-refractivity contribution is 7.17. The number of esters is 1. The van der Waals surface area contributed by atoms with Gasteiger partial charge in [0.25, 0.3) is 0 Å². The summed E-state index contributed by atoms with van der Waals surface area (Å²) in [5, 5.41) is 0. The fourth-order valence-electron chi connectivity index (χ4n) is 3.34. The Hall–Kier alpha value is -2.67. The maximum atomic E-state index is 11.9. The molecule has 3 aromatic rings. The van der Waals surface area contributed by atoms with Gasteiger partial charge >= 0.3 is 5.97 Å². The van der Waals surface area contributed by atoms with E-state index in [1.807, 2.05) is 19.9 Å². The number of aromatic nitrogens is 2. The van der Waals surface area contributed by atoms with Crippen LogP contribution in [0.15, 0.2) is 18.3 Å². The highest BCUT2D eigenvalue weighted by atomic mass is 32.1. The Balaban J connectivity index is 2.08. The lowest BCUT2D eigenvalue weighted by Crippen LogP contribution is -2.06. The van der Waals surface area contributed by atoms with Crippen molar-refractivity contribution < 1.29 is 19.1 Å². The molecule has 7 heteroatoms. The summed E-state index contributed by atoms with van der Waals surface area (Å²) in [4.78, 5) is 29.9. The third-order valence-electron chi connectivity index (χ3n) is 4.68. The van der Waals surface area contributed by atoms with Gasteiger partial charge in [0, 0.05) is 16.6 Å². The molecule has 6 nitrogen and oxygen atoms in total. The number of carbonyl (C=O) groups excluding carboxylic acids is 2. The molecular weight excluding hydrogens is 388 g/mol. The number of nitrogens with zero attached hydrogens (tertiary/aromatic N) is 2. The Bertz CT molecular complexity index is 1050. The van der Waals surface area contributed by atoms with E-state index in [2.05, 4.69) is 19.9 Å². The van der Waals surface area contributed by atoms with Gasteiger partial charge in [-0.2, -0.15) is 0 Å². The van der Waals surface area contributed by atoms with E-state index in [-0.39, 0.29) is 18.3 Å². The molecule has 0 amide bonds. The van der Waals surface area contributed by atoms with Crippen LogP contribution in [0.5, 0.6) is 5.75 Å². The molecule has 0 aliphatic carbocycles. The van der Waals surface area contributed by atoms with Crippen molar-refractivity contribution in [2.75, 3.05) is 13.2 Å². The first-order valence-electron chi connectivity index (χ1n) is 9.78. The fraction of sp³-hybridized carbons (Fsp3) is 0.409. The lowest BCUT2D eigenvalue weighted by molar-refractivity contribution is -0.142. The SMILES string of the molecule is CCOC(=O)Cc1cn2c(C=O)c(-c3cc(C(C)C)c(OCC)cc3C)nc2s1. The number of aldehydes is 1. The number of rotatable bonds is 8. The van der Waals surface area contributed by atoms with E-state index in [0.29, 0.717) is 29.6 Å². The second-order valence-corrected chi connectivity index (χ2v) is 8.18. The molecule has 154 valence electrons. The van der Waals surface area contributed by atoms with Crippen LogP contribution in [-0.2, 0) is 16.0 Å². The zero-order valence-electron chi connectivity index (χ0n) is 17.4. The molecular formula is C22H26N2O4S. The predicted octanol–water partition coefficient (Wildman–Crippen LogP) is 4.81. The summed E-state index contributed by atoms with van der Waals surface area (Å²) >= 11 is 1.39. The van der Waals surface area contributed by atoms with Gasteiger partial charge in [-0.05, 0) is 49.9 Å². The van der Waals surface area contributed by atoms with Crippen LogP contribution in [-0.4, -0.2) is 34.9 Å². The van der Waals surface area contributed by atoms with Crippen LogP contribution in [0.1, 0.15) is 60.1 Å². The minimum absolute atomic E-state index is 0.176. The molecule has 29 heavy (non-hydrogen) atoms. The Morgan fingerprint density at radius 2 is 2.03 bits per heavy atom. The summed E-state index contributed by atoms with van der Waals surface area (Å²) in [6.07, 6.45) is 2.79. The molecule has 0 spiro atoms. The monoisotopic (exact) mass is 414 g/mol. The summed E-state index contributed by atoms with van der Waals surface area (Å²) in [6.45, 7) is 10.9. The molecule has 0 aliphatic heterocycles. The number of hydrogen-bond donors (Lipinski definition) is 0. The molecule has 0 radical (unpaired) electrons. The van der Waals surface area contributed by atoms with Gasteiger partial charge in [0.05, 0.1) is 19.6 Å². The first kappa shape index (κ1) is 21.0. The Morgan fingerprint density at radius 1 is 1.28 bits per heavy atom. The van der Waals surface area contributed by atoms with Crippen molar-refractivity contribution in [1.82, 2.24) is 9.38 Å². The number of fused-ring (bicyclic) bond motifs is 1. The number of hydrogen-bond acceptors (Lipinski definition) is 6. The minimum atomic E-state index is -0.284. The van der Waals surface area contributed by atoms with Crippen molar-refractivity contribution >= 4 is 28.6 Å². The molecule has 0 saturated carbocycles. The standard InChI is InChI=1S/C22H26N2O4S/c1-6-27-19-8-14(5)17(10-16(19)13(3)4)21-18(12-25)24-11-15(29-22(24)23-21)9-20(26)28-7-2/h8,10-13H,6-7,9H2,1-5H3. The Kier molecular flexibility index (Phi) is 6.37. The summed E-state index contributed by atoms with van der Waals surface area (Å²) < 4.78 is 12.6. The normalized spacial score (nSPS) is 11.2. The number of benzene rings is 1. The van der Waals surface area contributed by atoms with E-state index in [1.54, 1.807) is 17.5 Å². The van der Waals surface area contributed by atoms with Gasteiger partial charge in [-0.3, -0.25) is 14.0 Å². The third kappa shape index (κ3) is 4.19. The van der Waals surface area contributed by atoms with Crippen molar-refractivity contribution in [1.29, 1.82) is 0 Å². The van der Waals surface area contributed by atoms with E-state index < -0.39 is 0 Å². The molecule has 2 aromatic heterocycles. The maximum Gasteiger partial charge on any atom is 0.311 e. The van der Waals surface area contributed by atoms with Crippen molar-refractivity contribution in [2.45, 2.75) is 47.0 Å². The van der Waals surface area contributed by atoms with Crippen molar-refractivity contribution in [3.05, 3.63) is 40.0 Å². The van der Waals surface area contributed by atoms with E-state index >= 15 is 0 Å². The summed E-state index contributed by atoms with van der Waals surface area (Å²) in [7, 11) is 0. The second kappa shape index (κ2) is 8.78. The van der Waals surface area contributed by atoms with Gasteiger partial charge in [0.1, 0.15) is 17.1 Å². The van der Waals surface area contributed by atoms with Crippen molar-refractivity contribution in [3.8, 4) is 17.0 Å². The summed E-state index contributed by atoms with van der Waals surface area (Å²) in [5.41, 5.74) is 4.13. The molecule has 0 fully saturated rings. The molecule has 0 unspecified atom stereocenters. The molecule has 0 aliphatic rings. The fourth-order valence-corrected chi connectivity index (χ4v) is 4.31. The van der Waals surface area contributed by atoms with Crippen LogP contribution in [0.25, 0.3) is 16.2 Å². The second-order valence-electron chi connectivity index (χ2n) is 7.09. The highest BCUT2D eigenvalue weighted by Gasteiger charge is 2.21. The van der Waals surface area contributed by atoms with Crippen LogP contribution < -0.4 is 4.74 Å². The molecule has 0 N–H and O–H groups in total. The number of imidazole rings is 1. The summed E-state index contributed by atoms with van der Waals surface area (Å²) in [5.74, 6) is 0.860. The molecule has 0 saturated heterocycles. The molecule has 0 bridgehead atoms. The number of thiazole rings is 1. The first-order valence-corrected chi connectivity index (χ1v) is 10.6. The number of carbonyl (C=O) groups is 2. The van der Waals surface area contributed by atoms with Gasteiger partial charge in [-0.1, -0.05) is 13.8 Å². The Labute approximate surface area is 174 Å². The van der Waals surface area contributed by atoms with E-state index in [1.165, 1.54) is 11.3 Å². The Morgan fingerprint density at radius 3 is 2.66 bits per heavy atom. The zero-order valence-corrected chi connectivity index (χ0v) is 18.3. The van der Waals surface area contributed by atoms with Crippen LogP contribution in [0.4, 0.5) is 0 Å². The lowest BCUT2D eigenvalue weighted by Gasteiger charge is -2.16. The van der Waals surface area contributed by atoms with Crippen molar-refractivity contribution in [2.24, 2.45) is 0 Å². The highest BCUT2D eigenvalue weighted by Crippen LogP contribution is 2.36. The average molecular weight is 415 g/mol. The quantitative estimate of drug-likeness (QED) is 0.391. The first-order chi connectivity index (χ1) is 13.9. The van der Waals surface area contributed by atoms with E-state index in [0.717, 1.165) is 33.6 Å². The third-order valence-corrected chi connectivity index (χ3v) is 5.66. The van der Waals surface area contributed by atoms with Gasteiger partial charge in [0.15, 0.2) is 11.2 Å². The van der Waals surface area contributed by atoms with Gasteiger partial charge in [-0.15, -0.1) is 11.3 Å². The van der Waals surface area contributed by atoms with Gasteiger partial charge < -0.3 is 9.47 Å². The van der Waals surface area contributed by atoms with E-state index in [4.69, 9.17) is 14.5 Å².